The van der Waals surface area contributed by atoms with Crippen LogP contribution in [-0.2, 0) is 0 Å². The van der Waals surface area contributed by atoms with Crippen molar-refractivity contribution in [3.8, 4) is 0 Å². The first-order valence-corrected chi connectivity index (χ1v) is 7.51. The third-order valence-corrected chi connectivity index (χ3v) is 4.24. The summed E-state index contributed by atoms with van der Waals surface area (Å²) in [5.74, 6) is 0.479. The Hall–Kier alpha value is -1.00. The number of amides is 1. The fourth-order valence-electron chi connectivity index (χ4n) is 2.23. The van der Waals surface area contributed by atoms with Crippen LogP contribution in [0.4, 0.5) is 0 Å². The molecule has 4 heteroatoms. The summed E-state index contributed by atoms with van der Waals surface area (Å²) in [5, 5.41) is 9.08. The Morgan fingerprint density at radius 1 is 1.33 bits per heavy atom. The standard InChI is InChI=1S/C14H19NO2S/c1-18-13-4-2-12(3-5-13)14(17)15-8-6-11(10-16)7-9-15/h2-5,11,16H,6-10H2,1H3. The molecule has 1 aromatic carbocycles. The van der Waals surface area contributed by atoms with Gasteiger partial charge in [0.15, 0.2) is 0 Å². The Balaban J connectivity index is 1.98. The van der Waals surface area contributed by atoms with Crippen LogP contribution in [-0.4, -0.2) is 41.9 Å². The maximum absolute atomic E-state index is 12.3. The van der Waals surface area contributed by atoms with E-state index in [1.165, 1.54) is 4.90 Å². The highest BCUT2D eigenvalue weighted by Crippen LogP contribution is 2.20. The quantitative estimate of drug-likeness (QED) is 0.852. The predicted octanol–water partition coefficient (Wildman–Crippen LogP) is 2.25. The van der Waals surface area contributed by atoms with Crippen LogP contribution in [0.25, 0.3) is 0 Å². The molecule has 0 unspecified atom stereocenters. The van der Waals surface area contributed by atoms with Crippen molar-refractivity contribution in [2.45, 2.75) is 17.7 Å². The molecular weight excluding hydrogens is 246 g/mol. The van der Waals surface area contributed by atoms with Gasteiger partial charge in [0.05, 0.1) is 0 Å². The average molecular weight is 265 g/mol. The molecule has 1 N–H and O–H groups in total. The van der Waals surface area contributed by atoms with Crippen molar-refractivity contribution >= 4 is 17.7 Å². The number of aliphatic hydroxyl groups excluding tert-OH is 1. The number of benzene rings is 1. The van der Waals surface area contributed by atoms with Crippen LogP contribution in [0.2, 0.25) is 0 Å². The number of thioether (sulfide) groups is 1. The van der Waals surface area contributed by atoms with E-state index in [1.54, 1.807) is 11.8 Å². The van der Waals surface area contributed by atoms with Crippen LogP contribution in [0.1, 0.15) is 23.2 Å². The number of hydrogen-bond acceptors (Lipinski definition) is 3. The lowest BCUT2D eigenvalue weighted by Crippen LogP contribution is -2.39. The van der Waals surface area contributed by atoms with Gasteiger partial charge in [-0.1, -0.05) is 0 Å². The number of likely N-dealkylation sites (tertiary alicyclic amines) is 1. The summed E-state index contributed by atoms with van der Waals surface area (Å²) < 4.78 is 0. The van der Waals surface area contributed by atoms with Crippen LogP contribution >= 0.6 is 11.8 Å². The largest absolute Gasteiger partial charge is 0.396 e. The molecule has 1 aliphatic rings. The molecule has 2 rings (SSSR count). The highest BCUT2D eigenvalue weighted by atomic mass is 32.2. The Labute approximate surface area is 112 Å². The fourth-order valence-corrected chi connectivity index (χ4v) is 2.64. The number of carbonyl (C=O) groups is 1. The summed E-state index contributed by atoms with van der Waals surface area (Å²) in [4.78, 5) is 15.3. The van der Waals surface area contributed by atoms with Gasteiger partial charge in [0.2, 0.25) is 0 Å². The molecule has 1 heterocycles. The molecule has 1 amide bonds. The first-order chi connectivity index (χ1) is 8.74. The lowest BCUT2D eigenvalue weighted by molar-refractivity contribution is 0.0651. The molecule has 1 saturated heterocycles. The number of nitrogens with zero attached hydrogens (tertiary/aromatic N) is 1. The number of aliphatic hydroxyl groups is 1. The molecule has 0 saturated carbocycles. The van der Waals surface area contributed by atoms with Gasteiger partial charge >= 0.3 is 0 Å². The lowest BCUT2D eigenvalue weighted by atomic mass is 9.97. The van der Waals surface area contributed by atoms with E-state index < -0.39 is 0 Å². The second kappa shape index (κ2) is 6.25. The minimum absolute atomic E-state index is 0.110. The van der Waals surface area contributed by atoms with Crippen LogP contribution in [0.15, 0.2) is 29.2 Å². The molecule has 1 aromatic rings. The minimum atomic E-state index is 0.110. The van der Waals surface area contributed by atoms with E-state index in [0.29, 0.717) is 5.92 Å². The lowest BCUT2D eigenvalue weighted by Gasteiger charge is -2.31. The van der Waals surface area contributed by atoms with Crippen molar-refractivity contribution in [3.63, 3.8) is 0 Å². The van der Waals surface area contributed by atoms with Gasteiger partial charge in [0, 0.05) is 30.2 Å². The Kier molecular flexibility index (Phi) is 4.66. The van der Waals surface area contributed by atoms with Gasteiger partial charge in [-0.25, -0.2) is 0 Å². The van der Waals surface area contributed by atoms with Crippen molar-refractivity contribution in [2.24, 2.45) is 5.92 Å². The molecule has 0 aromatic heterocycles. The molecular formula is C14H19NO2S. The Morgan fingerprint density at radius 2 is 1.94 bits per heavy atom. The molecule has 0 spiro atoms. The molecule has 98 valence electrons. The van der Waals surface area contributed by atoms with E-state index >= 15 is 0 Å². The summed E-state index contributed by atoms with van der Waals surface area (Å²) in [6, 6.07) is 7.76. The summed E-state index contributed by atoms with van der Waals surface area (Å²) in [6.07, 6.45) is 3.84. The summed E-state index contributed by atoms with van der Waals surface area (Å²) >= 11 is 1.68. The van der Waals surface area contributed by atoms with Crippen molar-refractivity contribution in [1.29, 1.82) is 0 Å². The van der Waals surface area contributed by atoms with E-state index in [4.69, 9.17) is 5.11 Å². The monoisotopic (exact) mass is 265 g/mol. The van der Waals surface area contributed by atoms with Crippen LogP contribution in [0.5, 0.6) is 0 Å². The molecule has 3 nitrogen and oxygen atoms in total. The van der Waals surface area contributed by atoms with Gasteiger partial charge in [-0.05, 0) is 49.3 Å². The zero-order valence-corrected chi connectivity index (χ0v) is 11.4. The third kappa shape index (κ3) is 3.06. The normalized spacial score (nSPS) is 16.9. The predicted molar refractivity (Wildman–Crippen MR) is 73.9 cm³/mol. The number of carbonyl (C=O) groups excluding carboxylic acids is 1. The highest BCUT2D eigenvalue weighted by molar-refractivity contribution is 7.98. The Morgan fingerprint density at radius 3 is 2.44 bits per heavy atom. The maximum atomic E-state index is 12.3. The molecule has 0 radical (unpaired) electrons. The van der Waals surface area contributed by atoms with E-state index in [1.807, 2.05) is 35.4 Å². The van der Waals surface area contributed by atoms with Gasteiger partial charge in [-0.15, -0.1) is 11.8 Å². The van der Waals surface area contributed by atoms with Crippen molar-refractivity contribution in [1.82, 2.24) is 4.90 Å². The van der Waals surface area contributed by atoms with Gasteiger partial charge in [-0.2, -0.15) is 0 Å². The van der Waals surface area contributed by atoms with E-state index in [-0.39, 0.29) is 12.5 Å². The van der Waals surface area contributed by atoms with Gasteiger partial charge in [0.25, 0.3) is 5.91 Å². The van der Waals surface area contributed by atoms with E-state index in [0.717, 1.165) is 31.5 Å². The van der Waals surface area contributed by atoms with Gasteiger partial charge in [-0.3, -0.25) is 4.79 Å². The topological polar surface area (TPSA) is 40.5 Å². The number of rotatable bonds is 3. The highest BCUT2D eigenvalue weighted by Gasteiger charge is 2.22. The summed E-state index contributed by atoms with van der Waals surface area (Å²) in [6.45, 7) is 1.76. The molecule has 1 aliphatic heterocycles. The average Bonchev–Trinajstić information content (AvgIpc) is 2.47. The second-order valence-electron chi connectivity index (χ2n) is 4.65. The van der Waals surface area contributed by atoms with Crippen LogP contribution < -0.4 is 0 Å². The van der Waals surface area contributed by atoms with Gasteiger partial charge in [0.1, 0.15) is 0 Å². The van der Waals surface area contributed by atoms with Crippen molar-refractivity contribution in [3.05, 3.63) is 29.8 Å². The van der Waals surface area contributed by atoms with Crippen molar-refractivity contribution in [2.75, 3.05) is 26.0 Å². The van der Waals surface area contributed by atoms with Crippen LogP contribution in [0, 0.1) is 5.92 Å². The molecule has 0 bridgehead atoms. The number of piperidine rings is 1. The SMILES string of the molecule is CSc1ccc(C(=O)N2CCC(CO)CC2)cc1. The smallest absolute Gasteiger partial charge is 0.253 e. The maximum Gasteiger partial charge on any atom is 0.253 e. The molecule has 0 atom stereocenters. The molecule has 18 heavy (non-hydrogen) atoms. The van der Waals surface area contributed by atoms with E-state index in [2.05, 4.69) is 0 Å². The zero-order valence-electron chi connectivity index (χ0n) is 10.6. The summed E-state index contributed by atoms with van der Waals surface area (Å²) in [5.41, 5.74) is 0.759. The summed E-state index contributed by atoms with van der Waals surface area (Å²) in [7, 11) is 0. The first kappa shape index (κ1) is 13.4. The third-order valence-electron chi connectivity index (χ3n) is 3.50. The van der Waals surface area contributed by atoms with Gasteiger partial charge < -0.3 is 10.0 Å². The Bertz CT molecular complexity index is 397. The number of hydrogen-bond donors (Lipinski definition) is 1. The van der Waals surface area contributed by atoms with Crippen LogP contribution in [0.3, 0.4) is 0 Å². The zero-order chi connectivity index (χ0) is 13.0. The molecule has 1 fully saturated rings. The van der Waals surface area contributed by atoms with E-state index in [9.17, 15) is 4.79 Å². The molecule has 0 aliphatic carbocycles. The minimum Gasteiger partial charge on any atom is -0.396 e. The first-order valence-electron chi connectivity index (χ1n) is 6.28. The second-order valence-corrected chi connectivity index (χ2v) is 5.53. The fraction of sp³-hybridized carbons (Fsp3) is 0.500. The van der Waals surface area contributed by atoms with Crippen molar-refractivity contribution < 1.29 is 9.90 Å².